The predicted molar refractivity (Wildman–Crippen MR) is 112 cm³/mol. The van der Waals surface area contributed by atoms with Crippen molar-refractivity contribution < 1.29 is 18.0 Å². The fraction of sp³-hybridized carbons (Fsp3) is 0.409. The molecule has 0 saturated heterocycles. The molecule has 0 atom stereocenters. The molecule has 1 amide bonds. The lowest BCUT2D eigenvalue weighted by Gasteiger charge is -2.11. The summed E-state index contributed by atoms with van der Waals surface area (Å²) in [4.78, 5) is 12.4. The second-order valence-electron chi connectivity index (χ2n) is 7.95. The van der Waals surface area contributed by atoms with E-state index >= 15 is 0 Å². The maximum Gasteiger partial charge on any atom is 0.433 e. The van der Waals surface area contributed by atoms with Crippen molar-refractivity contribution in [2.75, 3.05) is 5.32 Å². The highest BCUT2D eigenvalue weighted by molar-refractivity contribution is 5.90. The van der Waals surface area contributed by atoms with Crippen LogP contribution in [0.1, 0.15) is 42.9 Å². The van der Waals surface area contributed by atoms with Gasteiger partial charge in [0.05, 0.1) is 17.6 Å². The van der Waals surface area contributed by atoms with Gasteiger partial charge in [0.15, 0.2) is 0 Å². The van der Waals surface area contributed by atoms with E-state index in [0.717, 1.165) is 40.4 Å². The van der Waals surface area contributed by atoms with Gasteiger partial charge < -0.3 is 5.32 Å². The number of anilines is 1. The van der Waals surface area contributed by atoms with Gasteiger partial charge in [-0.05, 0) is 62.1 Å². The van der Waals surface area contributed by atoms with E-state index in [1.807, 2.05) is 18.5 Å². The summed E-state index contributed by atoms with van der Waals surface area (Å²) in [7, 11) is 0. The molecule has 0 aliphatic carbocycles. The number of amides is 1. The van der Waals surface area contributed by atoms with E-state index in [1.165, 1.54) is 12.1 Å². The molecule has 31 heavy (non-hydrogen) atoms. The van der Waals surface area contributed by atoms with Crippen LogP contribution in [0, 0.1) is 19.8 Å². The summed E-state index contributed by atoms with van der Waals surface area (Å²) in [5, 5.41) is 11.1. The molecule has 0 aliphatic heterocycles. The van der Waals surface area contributed by atoms with Crippen LogP contribution in [-0.4, -0.2) is 25.5 Å². The van der Waals surface area contributed by atoms with Gasteiger partial charge in [-0.2, -0.15) is 23.4 Å². The third kappa shape index (κ3) is 5.34. The van der Waals surface area contributed by atoms with Gasteiger partial charge in [-0.3, -0.25) is 9.48 Å². The third-order valence-corrected chi connectivity index (χ3v) is 5.00. The normalized spacial score (nSPS) is 11.9. The minimum Gasteiger partial charge on any atom is -0.326 e. The average Bonchev–Trinajstić information content (AvgIpc) is 3.26. The Bertz CT molecular complexity index is 1050. The molecule has 0 bridgehead atoms. The molecule has 3 aromatic rings. The minimum atomic E-state index is -4.50. The number of rotatable bonds is 7. The van der Waals surface area contributed by atoms with Crippen LogP contribution in [0.15, 0.2) is 36.5 Å². The number of alkyl halides is 3. The topological polar surface area (TPSA) is 64.7 Å². The number of aromatic nitrogens is 4. The second-order valence-corrected chi connectivity index (χ2v) is 7.95. The van der Waals surface area contributed by atoms with Gasteiger partial charge >= 0.3 is 6.18 Å². The summed E-state index contributed by atoms with van der Waals surface area (Å²) in [6, 6.07) is 7.02. The zero-order valence-electron chi connectivity index (χ0n) is 18.0. The quantitative estimate of drug-likeness (QED) is 0.575. The summed E-state index contributed by atoms with van der Waals surface area (Å²) in [6.45, 7) is 9.05. The molecular weight excluding hydrogens is 407 g/mol. The van der Waals surface area contributed by atoms with Crippen molar-refractivity contribution in [2.24, 2.45) is 5.92 Å². The molecule has 166 valence electrons. The number of benzene rings is 1. The van der Waals surface area contributed by atoms with Crippen molar-refractivity contribution in [1.29, 1.82) is 0 Å². The van der Waals surface area contributed by atoms with E-state index < -0.39 is 11.9 Å². The average molecular weight is 433 g/mol. The van der Waals surface area contributed by atoms with Crippen LogP contribution in [0.5, 0.6) is 0 Å². The van der Waals surface area contributed by atoms with Crippen molar-refractivity contribution in [1.82, 2.24) is 19.6 Å². The predicted octanol–water partition coefficient (Wildman–Crippen LogP) is 4.93. The maximum atomic E-state index is 13.0. The van der Waals surface area contributed by atoms with Crippen LogP contribution in [0.25, 0.3) is 5.69 Å². The van der Waals surface area contributed by atoms with E-state index in [9.17, 15) is 18.0 Å². The molecule has 2 aromatic heterocycles. The largest absolute Gasteiger partial charge is 0.433 e. The number of carbonyl (C=O) groups excluding carboxylic acids is 1. The Labute approximate surface area is 179 Å². The molecular formula is C22H26F3N5O. The standard InChI is InChI=1S/C22H26F3N5O/c1-14(2)13-29-16(4)19(15(3)28-29)9-10-21(31)27-17-5-7-18(8-6-17)30-20(11-12-26-30)22(23,24)25/h5-8,11-12,14H,9-10,13H2,1-4H3,(H,27,31). The summed E-state index contributed by atoms with van der Waals surface area (Å²) >= 11 is 0. The number of hydrogen-bond acceptors (Lipinski definition) is 3. The molecule has 9 heteroatoms. The van der Waals surface area contributed by atoms with Crippen LogP contribution in [0.4, 0.5) is 18.9 Å². The number of aryl methyl sites for hydroxylation is 1. The highest BCUT2D eigenvalue weighted by Gasteiger charge is 2.35. The van der Waals surface area contributed by atoms with Crippen molar-refractivity contribution in [3.8, 4) is 5.69 Å². The number of nitrogens with zero attached hydrogens (tertiary/aromatic N) is 4. The Balaban J connectivity index is 1.62. The fourth-order valence-corrected chi connectivity index (χ4v) is 3.49. The molecule has 6 nitrogen and oxygen atoms in total. The van der Waals surface area contributed by atoms with Crippen LogP contribution in [-0.2, 0) is 23.9 Å². The maximum absolute atomic E-state index is 13.0. The third-order valence-electron chi connectivity index (χ3n) is 5.00. The zero-order valence-corrected chi connectivity index (χ0v) is 18.0. The van der Waals surface area contributed by atoms with Gasteiger partial charge in [-0.25, -0.2) is 4.68 Å². The molecule has 2 heterocycles. The first kappa shape index (κ1) is 22.6. The van der Waals surface area contributed by atoms with Gasteiger partial charge in [-0.1, -0.05) is 13.8 Å². The smallest absolute Gasteiger partial charge is 0.326 e. The van der Waals surface area contributed by atoms with E-state index in [-0.39, 0.29) is 18.0 Å². The van der Waals surface area contributed by atoms with Gasteiger partial charge in [0.25, 0.3) is 0 Å². The second kappa shape index (κ2) is 8.95. The lowest BCUT2D eigenvalue weighted by Crippen LogP contribution is -2.14. The van der Waals surface area contributed by atoms with Crippen molar-refractivity contribution in [3.63, 3.8) is 0 Å². The monoisotopic (exact) mass is 433 g/mol. The molecule has 3 rings (SSSR count). The molecule has 0 aliphatic rings. The Morgan fingerprint density at radius 1 is 1.13 bits per heavy atom. The first-order valence-corrected chi connectivity index (χ1v) is 10.1. The SMILES string of the molecule is Cc1nn(CC(C)C)c(C)c1CCC(=O)Nc1ccc(-n2nccc2C(F)(F)F)cc1. The van der Waals surface area contributed by atoms with Crippen LogP contribution < -0.4 is 5.32 Å². The Morgan fingerprint density at radius 2 is 1.81 bits per heavy atom. The number of nitrogens with one attached hydrogen (secondary N) is 1. The Kier molecular flexibility index (Phi) is 6.52. The first-order chi connectivity index (χ1) is 14.6. The minimum absolute atomic E-state index is 0.168. The number of hydrogen-bond donors (Lipinski definition) is 1. The lowest BCUT2D eigenvalue weighted by atomic mass is 10.1. The molecule has 0 spiro atoms. The van der Waals surface area contributed by atoms with Gasteiger partial charge in [0.1, 0.15) is 5.69 Å². The fourth-order valence-electron chi connectivity index (χ4n) is 3.49. The van der Waals surface area contributed by atoms with Gasteiger partial charge in [0.2, 0.25) is 5.91 Å². The van der Waals surface area contributed by atoms with Crippen molar-refractivity contribution in [3.05, 3.63) is 59.2 Å². The molecule has 0 radical (unpaired) electrons. The molecule has 1 N–H and O–H groups in total. The zero-order chi connectivity index (χ0) is 22.8. The van der Waals surface area contributed by atoms with Crippen molar-refractivity contribution in [2.45, 2.75) is 53.3 Å². The first-order valence-electron chi connectivity index (χ1n) is 10.1. The summed E-state index contributed by atoms with van der Waals surface area (Å²) in [5.41, 5.74) is 2.99. The summed E-state index contributed by atoms with van der Waals surface area (Å²) < 4.78 is 41.9. The van der Waals surface area contributed by atoms with Gasteiger partial charge in [-0.15, -0.1) is 0 Å². The molecule has 0 fully saturated rings. The van der Waals surface area contributed by atoms with Crippen LogP contribution in [0.2, 0.25) is 0 Å². The summed E-state index contributed by atoms with van der Waals surface area (Å²) in [6.07, 6.45) is -2.54. The molecule has 0 saturated carbocycles. The lowest BCUT2D eigenvalue weighted by molar-refractivity contribution is -0.142. The van der Waals surface area contributed by atoms with E-state index in [0.29, 0.717) is 18.0 Å². The summed E-state index contributed by atoms with van der Waals surface area (Å²) in [5.74, 6) is 0.310. The molecule has 1 aromatic carbocycles. The number of carbonyl (C=O) groups is 1. The van der Waals surface area contributed by atoms with Crippen molar-refractivity contribution >= 4 is 11.6 Å². The molecule has 0 unspecified atom stereocenters. The highest BCUT2D eigenvalue weighted by Crippen LogP contribution is 2.30. The van der Waals surface area contributed by atoms with Crippen LogP contribution in [0.3, 0.4) is 0 Å². The van der Waals surface area contributed by atoms with E-state index in [1.54, 1.807) is 12.1 Å². The number of halogens is 3. The van der Waals surface area contributed by atoms with Crippen LogP contribution >= 0.6 is 0 Å². The van der Waals surface area contributed by atoms with E-state index in [2.05, 4.69) is 29.4 Å². The Hall–Kier alpha value is -3.10. The highest BCUT2D eigenvalue weighted by atomic mass is 19.4. The van der Waals surface area contributed by atoms with Gasteiger partial charge in [0, 0.05) is 24.3 Å². The van der Waals surface area contributed by atoms with E-state index in [4.69, 9.17) is 0 Å². The Morgan fingerprint density at radius 3 is 2.42 bits per heavy atom.